The van der Waals surface area contributed by atoms with Gasteiger partial charge >= 0.3 is 11.9 Å². The molecule has 0 saturated heterocycles. The molecular formula is C34H43BrN3O6PS2. The number of hydrogen-bond donors (Lipinski definition) is 3. The molecule has 0 aromatic heterocycles. The van der Waals surface area contributed by atoms with Crippen LogP contribution in [0.25, 0.3) is 0 Å². The first-order valence-corrected chi connectivity index (χ1v) is 19.7. The van der Waals surface area contributed by atoms with Crippen molar-refractivity contribution in [3.05, 3.63) is 91.0 Å². The van der Waals surface area contributed by atoms with Crippen LogP contribution < -0.4 is 49.3 Å². The van der Waals surface area contributed by atoms with E-state index in [-0.39, 0.29) is 55.3 Å². The maximum Gasteiger partial charge on any atom is 0.325 e. The highest BCUT2D eigenvalue weighted by Gasteiger charge is 2.44. The lowest BCUT2D eigenvalue weighted by Gasteiger charge is -2.27. The molecule has 0 fully saturated rings. The molecule has 3 aromatic rings. The van der Waals surface area contributed by atoms with Crippen LogP contribution in [-0.2, 0) is 28.7 Å². The number of esters is 2. The second-order valence-corrected chi connectivity index (χ2v) is 16.4. The van der Waals surface area contributed by atoms with E-state index < -0.39 is 43.1 Å². The molecule has 2 amide bonds. The molecule has 2 atom stereocenters. The summed E-state index contributed by atoms with van der Waals surface area (Å²) in [4.78, 5) is 49.5. The van der Waals surface area contributed by atoms with Gasteiger partial charge in [-0.2, -0.15) is 0 Å². The first-order chi connectivity index (χ1) is 22.3. The Morgan fingerprint density at radius 1 is 0.787 bits per heavy atom. The van der Waals surface area contributed by atoms with Crippen molar-refractivity contribution in [2.24, 2.45) is 5.73 Å². The van der Waals surface area contributed by atoms with Gasteiger partial charge in [-0.1, -0.05) is 76.2 Å². The average molecular weight is 765 g/mol. The summed E-state index contributed by atoms with van der Waals surface area (Å²) in [7, 11) is 1.12. The van der Waals surface area contributed by atoms with Crippen LogP contribution in [-0.4, -0.2) is 73.3 Å². The van der Waals surface area contributed by atoms with Crippen LogP contribution in [0.4, 0.5) is 0 Å². The second kappa shape index (κ2) is 21.9. The third kappa shape index (κ3) is 12.6. The van der Waals surface area contributed by atoms with Gasteiger partial charge < -0.3 is 42.8 Å². The molecule has 3 rings (SSSR count). The van der Waals surface area contributed by atoms with Gasteiger partial charge in [0.25, 0.3) is 0 Å². The Kier molecular flexibility index (Phi) is 18.8. The van der Waals surface area contributed by atoms with Gasteiger partial charge in [0.1, 0.15) is 41.8 Å². The van der Waals surface area contributed by atoms with Gasteiger partial charge in [-0.3, -0.25) is 19.2 Å². The number of halogens is 1. The van der Waals surface area contributed by atoms with E-state index in [0.717, 1.165) is 11.9 Å². The topological polar surface area (TPSA) is 137 Å². The van der Waals surface area contributed by atoms with Crippen LogP contribution in [0.5, 0.6) is 0 Å². The van der Waals surface area contributed by atoms with Crippen LogP contribution >= 0.6 is 28.9 Å². The maximum absolute atomic E-state index is 13.0. The lowest BCUT2D eigenvalue weighted by molar-refractivity contribution is -0.145. The largest absolute Gasteiger partial charge is 1.00 e. The van der Waals surface area contributed by atoms with Crippen LogP contribution in [0.1, 0.15) is 26.7 Å². The van der Waals surface area contributed by atoms with Crippen molar-refractivity contribution in [3.8, 4) is 0 Å². The number of benzene rings is 3. The minimum atomic E-state index is -2.00. The smallest absolute Gasteiger partial charge is 0.325 e. The zero-order valence-corrected chi connectivity index (χ0v) is 30.8. The number of carbonyl (C=O) groups excluding carboxylic acids is 4. The lowest BCUT2D eigenvalue weighted by atomic mass is 10.1. The zero-order chi connectivity index (χ0) is 33.2. The van der Waals surface area contributed by atoms with Gasteiger partial charge in [-0.25, -0.2) is 0 Å². The van der Waals surface area contributed by atoms with E-state index in [1.165, 1.54) is 26.7 Å². The van der Waals surface area contributed by atoms with E-state index in [1.807, 2.05) is 18.2 Å². The van der Waals surface area contributed by atoms with E-state index >= 15 is 0 Å². The predicted molar refractivity (Wildman–Crippen MR) is 190 cm³/mol. The highest BCUT2D eigenvalue weighted by molar-refractivity contribution is 8.76. The Morgan fingerprint density at radius 2 is 1.30 bits per heavy atom. The Balaban J connectivity index is 0.00000768. The predicted octanol–water partition coefficient (Wildman–Crippen LogP) is 0.201. The van der Waals surface area contributed by atoms with Crippen molar-refractivity contribution in [1.82, 2.24) is 10.6 Å². The molecular weight excluding hydrogens is 721 g/mol. The number of amides is 2. The summed E-state index contributed by atoms with van der Waals surface area (Å²) in [5, 5.41) is 9.19. The third-order valence-corrected chi connectivity index (χ3v) is 14.2. The summed E-state index contributed by atoms with van der Waals surface area (Å²) >= 11 is 0. The molecule has 0 spiro atoms. The minimum absolute atomic E-state index is 0. The maximum atomic E-state index is 13.0. The fraction of sp³-hybridized carbons (Fsp3) is 0.353. The zero-order valence-electron chi connectivity index (χ0n) is 26.6. The Labute approximate surface area is 296 Å². The van der Waals surface area contributed by atoms with Crippen molar-refractivity contribution >= 4 is 68.5 Å². The SMILES string of the molecule is CCOC(=O)CNC(=O)[C@H](CSSCC[P+](c1ccccc1)(c1ccccc1)c1ccccc1)NC(=O)CC[C@H](N)C(=O)OCC.[Br-]. The quantitative estimate of drug-likeness (QED) is 0.0678. The van der Waals surface area contributed by atoms with Crippen molar-refractivity contribution in [3.63, 3.8) is 0 Å². The van der Waals surface area contributed by atoms with Crippen LogP contribution in [0.15, 0.2) is 91.0 Å². The van der Waals surface area contributed by atoms with Crippen LogP contribution in [0, 0.1) is 0 Å². The molecule has 0 radical (unpaired) electrons. The number of nitrogens with one attached hydrogen (secondary N) is 2. The summed E-state index contributed by atoms with van der Waals surface area (Å²) in [6.07, 6.45) is 0.909. The summed E-state index contributed by atoms with van der Waals surface area (Å²) in [6, 6.07) is 30.0. The summed E-state index contributed by atoms with van der Waals surface area (Å²) in [5.41, 5.74) is 5.84. The number of nitrogens with two attached hydrogens (primary N) is 1. The lowest BCUT2D eigenvalue weighted by Crippen LogP contribution is -3.00. The van der Waals surface area contributed by atoms with Crippen LogP contribution in [0.3, 0.4) is 0 Å². The van der Waals surface area contributed by atoms with E-state index in [0.29, 0.717) is 0 Å². The van der Waals surface area contributed by atoms with Gasteiger partial charge in [0, 0.05) is 17.9 Å². The molecule has 3 aromatic carbocycles. The molecule has 0 aliphatic rings. The van der Waals surface area contributed by atoms with Crippen molar-refractivity contribution < 1.29 is 45.6 Å². The fourth-order valence-electron chi connectivity index (χ4n) is 4.83. The summed E-state index contributed by atoms with van der Waals surface area (Å²) in [6.45, 7) is 3.45. The van der Waals surface area contributed by atoms with Gasteiger partial charge in [0.15, 0.2) is 0 Å². The monoisotopic (exact) mass is 763 g/mol. The molecule has 13 heteroatoms. The highest BCUT2D eigenvalue weighted by Crippen LogP contribution is 2.55. The number of rotatable bonds is 19. The highest BCUT2D eigenvalue weighted by atomic mass is 79.9. The molecule has 0 aliphatic carbocycles. The van der Waals surface area contributed by atoms with Gasteiger partial charge in [0.2, 0.25) is 11.8 Å². The minimum Gasteiger partial charge on any atom is -1.00 e. The first kappa shape index (κ1) is 40.3. The molecule has 4 N–H and O–H groups in total. The first-order valence-electron chi connectivity index (χ1n) is 15.3. The fourth-order valence-corrected chi connectivity index (χ4v) is 12.2. The second-order valence-electron chi connectivity index (χ2n) is 10.2. The number of carbonyl (C=O) groups is 4. The molecule has 9 nitrogen and oxygen atoms in total. The molecule has 0 bridgehead atoms. The molecule has 0 saturated carbocycles. The van der Waals surface area contributed by atoms with Crippen molar-refractivity contribution in [2.45, 2.75) is 38.8 Å². The van der Waals surface area contributed by atoms with Crippen LogP contribution in [0.2, 0.25) is 0 Å². The third-order valence-electron chi connectivity index (χ3n) is 7.05. The van der Waals surface area contributed by atoms with E-state index in [4.69, 9.17) is 15.2 Å². The Bertz CT molecular complexity index is 1300. The van der Waals surface area contributed by atoms with Gasteiger partial charge in [-0.05, 0) is 56.7 Å². The normalized spacial score (nSPS) is 12.1. The summed E-state index contributed by atoms with van der Waals surface area (Å²) < 4.78 is 9.82. The van der Waals surface area contributed by atoms with Gasteiger partial charge in [0.05, 0.1) is 19.4 Å². The van der Waals surface area contributed by atoms with E-state index in [9.17, 15) is 19.2 Å². The van der Waals surface area contributed by atoms with Crippen molar-refractivity contribution in [1.29, 1.82) is 0 Å². The van der Waals surface area contributed by atoms with E-state index in [1.54, 1.807) is 24.6 Å². The van der Waals surface area contributed by atoms with E-state index in [2.05, 4.69) is 83.4 Å². The molecule has 254 valence electrons. The molecule has 0 heterocycles. The molecule has 0 aliphatic heterocycles. The molecule has 47 heavy (non-hydrogen) atoms. The Morgan fingerprint density at radius 3 is 1.79 bits per heavy atom. The summed E-state index contributed by atoms with van der Waals surface area (Å²) in [5.74, 6) is -1.01. The average Bonchev–Trinajstić information content (AvgIpc) is 3.08. The number of hydrogen-bond acceptors (Lipinski definition) is 9. The molecule has 0 unspecified atom stereocenters. The van der Waals surface area contributed by atoms with Gasteiger partial charge in [-0.15, -0.1) is 0 Å². The Hall–Kier alpha value is -2.89. The number of ether oxygens (including phenoxy) is 2. The standard InChI is InChI=1S/C34H42N3O6PS2.BrH/c1-3-42-32(39)24-36-33(40)30(37-31(38)21-20-29(35)34(41)43-4-2)25-46-45-23-22-44(26-14-8-5-9-15-26,27-16-10-6-11-17-27)28-18-12-7-13-19-28;/h5-19,29-30H,3-4,20-25,35H2,1-2H3,(H-,36,37,38,40);1H/t29-,30-;/m0./s1. The van der Waals surface area contributed by atoms with Crippen molar-refractivity contribution in [2.75, 3.05) is 37.4 Å².